The minimum Gasteiger partial charge on any atom is -0.393 e. The van der Waals surface area contributed by atoms with Gasteiger partial charge in [-0.1, -0.05) is 35.5 Å². The summed E-state index contributed by atoms with van der Waals surface area (Å²) in [4.78, 5) is 0. The Kier molecular flexibility index (Phi) is 3.97. The van der Waals surface area contributed by atoms with E-state index in [1.54, 1.807) is 0 Å². The van der Waals surface area contributed by atoms with Crippen molar-refractivity contribution in [3.05, 3.63) is 35.5 Å². The number of hydrogen-bond acceptors (Lipinski definition) is 1. The highest BCUT2D eigenvalue weighted by molar-refractivity contribution is 5.30. The number of aliphatic hydroxyl groups is 1. The molecule has 1 aliphatic carbocycles. The average Bonchev–Trinajstić information content (AvgIpc) is 2.27. The minimum atomic E-state index is -0.184. The van der Waals surface area contributed by atoms with Crippen LogP contribution in [0.15, 0.2) is 35.5 Å². The first-order valence-corrected chi connectivity index (χ1v) is 4.90. The highest BCUT2D eigenvalue weighted by Gasteiger charge is 2.03. The van der Waals surface area contributed by atoms with Gasteiger partial charge in [-0.15, -0.1) is 0 Å². The average molecular weight is 178 g/mol. The van der Waals surface area contributed by atoms with Gasteiger partial charge in [0.25, 0.3) is 0 Å². The third-order valence-electron chi connectivity index (χ3n) is 2.38. The maximum atomic E-state index is 9.18. The lowest BCUT2D eigenvalue weighted by atomic mass is 10.0. The third kappa shape index (κ3) is 3.60. The molecule has 1 nitrogen and oxygen atoms in total. The van der Waals surface area contributed by atoms with Crippen LogP contribution >= 0.6 is 0 Å². The Morgan fingerprint density at radius 3 is 2.92 bits per heavy atom. The Morgan fingerprint density at radius 2 is 2.23 bits per heavy atom. The molecule has 1 rings (SSSR count). The molecule has 0 aromatic heterocycles. The van der Waals surface area contributed by atoms with Gasteiger partial charge in [0.15, 0.2) is 0 Å². The van der Waals surface area contributed by atoms with Crippen molar-refractivity contribution in [2.75, 3.05) is 0 Å². The fourth-order valence-electron chi connectivity index (χ4n) is 1.45. The summed E-state index contributed by atoms with van der Waals surface area (Å²) in [5.41, 5.74) is 2.80. The molecule has 0 amide bonds. The smallest absolute Gasteiger partial charge is 0.0515 e. The fourth-order valence-corrected chi connectivity index (χ4v) is 1.45. The molecule has 1 unspecified atom stereocenters. The van der Waals surface area contributed by atoms with E-state index in [2.05, 4.69) is 31.2 Å². The van der Waals surface area contributed by atoms with E-state index >= 15 is 0 Å². The number of aliphatic hydroxyl groups excluding tert-OH is 1. The molecule has 0 heterocycles. The lowest BCUT2D eigenvalue weighted by Gasteiger charge is -2.08. The SMILES string of the molecule is CC1=C(CCC(C)O)CC=CC=C1. The van der Waals surface area contributed by atoms with Crippen molar-refractivity contribution in [2.24, 2.45) is 0 Å². The lowest BCUT2D eigenvalue weighted by Crippen LogP contribution is -2.00. The van der Waals surface area contributed by atoms with Crippen LogP contribution in [-0.4, -0.2) is 11.2 Å². The number of hydrogen-bond donors (Lipinski definition) is 1. The van der Waals surface area contributed by atoms with Gasteiger partial charge in [-0.2, -0.15) is 0 Å². The van der Waals surface area contributed by atoms with Crippen LogP contribution in [0.3, 0.4) is 0 Å². The molecule has 1 aliphatic rings. The molecule has 0 radical (unpaired) electrons. The molecular weight excluding hydrogens is 160 g/mol. The Hall–Kier alpha value is -0.820. The van der Waals surface area contributed by atoms with Crippen molar-refractivity contribution in [2.45, 2.75) is 39.2 Å². The van der Waals surface area contributed by atoms with Crippen LogP contribution in [0.25, 0.3) is 0 Å². The van der Waals surface area contributed by atoms with Crippen molar-refractivity contribution in [3.8, 4) is 0 Å². The lowest BCUT2D eigenvalue weighted by molar-refractivity contribution is 0.184. The molecule has 0 saturated heterocycles. The Morgan fingerprint density at radius 1 is 1.46 bits per heavy atom. The number of allylic oxidation sites excluding steroid dienone is 6. The molecule has 0 aromatic rings. The van der Waals surface area contributed by atoms with Gasteiger partial charge in [-0.05, 0) is 33.1 Å². The van der Waals surface area contributed by atoms with Gasteiger partial charge in [0.05, 0.1) is 6.10 Å². The summed E-state index contributed by atoms with van der Waals surface area (Å²) < 4.78 is 0. The first kappa shape index (κ1) is 10.3. The molecular formula is C12H18O. The highest BCUT2D eigenvalue weighted by atomic mass is 16.3. The summed E-state index contributed by atoms with van der Waals surface area (Å²) in [6, 6.07) is 0. The zero-order valence-corrected chi connectivity index (χ0v) is 8.46. The first-order chi connectivity index (χ1) is 6.20. The molecule has 1 N–H and O–H groups in total. The van der Waals surface area contributed by atoms with E-state index in [9.17, 15) is 5.11 Å². The Labute approximate surface area is 80.5 Å². The van der Waals surface area contributed by atoms with Crippen molar-refractivity contribution < 1.29 is 5.11 Å². The summed E-state index contributed by atoms with van der Waals surface area (Å²) in [6.45, 7) is 3.99. The molecule has 0 fully saturated rings. The molecule has 0 spiro atoms. The molecule has 0 aliphatic heterocycles. The van der Waals surface area contributed by atoms with E-state index in [0.717, 1.165) is 19.3 Å². The summed E-state index contributed by atoms with van der Waals surface area (Å²) in [5, 5.41) is 9.18. The van der Waals surface area contributed by atoms with E-state index in [1.807, 2.05) is 6.92 Å². The van der Waals surface area contributed by atoms with E-state index in [4.69, 9.17) is 0 Å². The molecule has 1 atom stereocenters. The Bertz CT molecular complexity index is 244. The van der Waals surface area contributed by atoms with Gasteiger partial charge in [-0.25, -0.2) is 0 Å². The highest BCUT2D eigenvalue weighted by Crippen LogP contribution is 2.19. The van der Waals surface area contributed by atoms with Gasteiger partial charge >= 0.3 is 0 Å². The third-order valence-corrected chi connectivity index (χ3v) is 2.38. The van der Waals surface area contributed by atoms with Gasteiger partial charge in [0.2, 0.25) is 0 Å². The summed E-state index contributed by atoms with van der Waals surface area (Å²) in [6.07, 6.45) is 11.2. The van der Waals surface area contributed by atoms with Crippen LogP contribution in [0.1, 0.15) is 33.1 Å². The first-order valence-electron chi connectivity index (χ1n) is 4.90. The maximum Gasteiger partial charge on any atom is 0.0515 e. The monoisotopic (exact) mass is 178 g/mol. The largest absolute Gasteiger partial charge is 0.393 e. The van der Waals surface area contributed by atoms with Gasteiger partial charge < -0.3 is 5.11 Å². The zero-order valence-electron chi connectivity index (χ0n) is 8.46. The van der Waals surface area contributed by atoms with Gasteiger partial charge in [-0.3, -0.25) is 0 Å². The standard InChI is InChI=1S/C12H18O/c1-10-6-4-3-5-7-12(10)9-8-11(2)13/h3-6,11,13H,7-9H2,1-2H3. The zero-order chi connectivity index (χ0) is 9.68. The number of rotatable bonds is 3. The van der Waals surface area contributed by atoms with Crippen molar-refractivity contribution in [3.63, 3.8) is 0 Å². The molecule has 13 heavy (non-hydrogen) atoms. The molecule has 1 heteroatoms. The van der Waals surface area contributed by atoms with E-state index in [1.165, 1.54) is 11.1 Å². The van der Waals surface area contributed by atoms with Crippen LogP contribution < -0.4 is 0 Å². The topological polar surface area (TPSA) is 20.2 Å². The molecule has 72 valence electrons. The summed E-state index contributed by atoms with van der Waals surface area (Å²) in [7, 11) is 0. The maximum absolute atomic E-state index is 9.18. The van der Waals surface area contributed by atoms with Crippen LogP contribution in [0.2, 0.25) is 0 Å². The van der Waals surface area contributed by atoms with Crippen molar-refractivity contribution in [1.82, 2.24) is 0 Å². The van der Waals surface area contributed by atoms with Crippen LogP contribution in [0, 0.1) is 0 Å². The quantitative estimate of drug-likeness (QED) is 0.704. The van der Waals surface area contributed by atoms with Crippen molar-refractivity contribution >= 4 is 0 Å². The Balaban J connectivity index is 2.56. The molecule has 0 bridgehead atoms. The summed E-state index contributed by atoms with van der Waals surface area (Å²) in [5.74, 6) is 0. The second-order valence-electron chi connectivity index (χ2n) is 3.67. The predicted molar refractivity (Wildman–Crippen MR) is 56.5 cm³/mol. The summed E-state index contributed by atoms with van der Waals surface area (Å²) >= 11 is 0. The normalized spacial score (nSPS) is 19.0. The second-order valence-corrected chi connectivity index (χ2v) is 3.67. The van der Waals surface area contributed by atoms with E-state index in [-0.39, 0.29) is 6.10 Å². The van der Waals surface area contributed by atoms with Crippen LogP contribution in [0.5, 0.6) is 0 Å². The molecule has 0 aromatic carbocycles. The fraction of sp³-hybridized carbons (Fsp3) is 0.500. The minimum absolute atomic E-state index is 0.184. The van der Waals surface area contributed by atoms with E-state index < -0.39 is 0 Å². The van der Waals surface area contributed by atoms with Crippen LogP contribution in [0.4, 0.5) is 0 Å². The van der Waals surface area contributed by atoms with Gasteiger partial charge in [0.1, 0.15) is 0 Å². The second kappa shape index (κ2) is 5.03. The predicted octanol–water partition coefficient (Wildman–Crippen LogP) is 2.98. The van der Waals surface area contributed by atoms with Crippen LogP contribution in [-0.2, 0) is 0 Å². The van der Waals surface area contributed by atoms with Gasteiger partial charge in [0, 0.05) is 0 Å². The van der Waals surface area contributed by atoms with Crippen molar-refractivity contribution in [1.29, 1.82) is 0 Å². The van der Waals surface area contributed by atoms with E-state index in [0.29, 0.717) is 0 Å². The molecule has 0 saturated carbocycles.